The smallest absolute Gasteiger partial charge is 0.265 e. The fraction of sp³-hybridized carbons (Fsp3) is 0.136. The number of hydrogen-bond donors (Lipinski definition) is 1. The van der Waals surface area contributed by atoms with Crippen molar-refractivity contribution in [2.45, 2.75) is 19.6 Å². The topological polar surface area (TPSA) is 47.6 Å². The first-order valence-corrected chi connectivity index (χ1v) is 8.50. The van der Waals surface area contributed by atoms with E-state index in [-0.39, 0.29) is 5.91 Å². The van der Waals surface area contributed by atoms with Crippen LogP contribution in [0.4, 0.5) is 5.69 Å². The number of carbonyl (C=O) groups is 1. The molecular formula is C22H21NO3. The summed E-state index contributed by atoms with van der Waals surface area (Å²) < 4.78 is 11.4. The van der Waals surface area contributed by atoms with Gasteiger partial charge in [0.2, 0.25) is 0 Å². The van der Waals surface area contributed by atoms with Gasteiger partial charge in [-0.3, -0.25) is 4.79 Å². The van der Waals surface area contributed by atoms with Gasteiger partial charge in [-0.25, -0.2) is 0 Å². The van der Waals surface area contributed by atoms with Crippen LogP contribution < -0.4 is 14.8 Å². The zero-order valence-corrected chi connectivity index (χ0v) is 14.6. The van der Waals surface area contributed by atoms with Crippen LogP contribution in [0.1, 0.15) is 12.5 Å². The lowest BCUT2D eigenvalue weighted by Crippen LogP contribution is -2.30. The van der Waals surface area contributed by atoms with Crippen molar-refractivity contribution >= 4 is 11.6 Å². The SMILES string of the molecule is CC(Oc1ccccc1)C(=O)Nc1ccc(OCc2ccccc2)cc1. The van der Waals surface area contributed by atoms with E-state index in [2.05, 4.69) is 5.32 Å². The van der Waals surface area contributed by atoms with Crippen molar-refractivity contribution in [3.05, 3.63) is 90.5 Å². The normalized spacial score (nSPS) is 11.4. The van der Waals surface area contributed by atoms with Crippen LogP contribution in [0.15, 0.2) is 84.9 Å². The Kier molecular flexibility index (Phi) is 5.88. The molecule has 1 amide bonds. The summed E-state index contributed by atoms with van der Waals surface area (Å²) in [7, 11) is 0. The summed E-state index contributed by atoms with van der Waals surface area (Å²) in [5, 5.41) is 2.84. The summed E-state index contributed by atoms with van der Waals surface area (Å²) in [5.41, 5.74) is 1.81. The van der Waals surface area contributed by atoms with Gasteiger partial charge in [-0.05, 0) is 48.9 Å². The zero-order chi connectivity index (χ0) is 18.2. The first-order chi connectivity index (χ1) is 12.7. The first kappa shape index (κ1) is 17.5. The molecule has 0 bridgehead atoms. The molecule has 1 N–H and O–H groups in total. The average molecular weight is 347 g/mol. The van der Waals surface area contributed by atoms with Crippen LogP contribution in [0.2, 0.25) is 0 Å². The Morgan fingerprint density at radius 2 is 1.46 bits per heavy atom. The molecule has 0 saturated carbocycles. The molecule has 3 rings (SSSR count). The fourth-order valence-corrected chi connectivity index (χ4v) is 2.38. The summed E-state index contributed by atoms with van der Waals surface area (Å²) in [5.74, 6) is 1.21. The zero-order valence-electron chi connectivity index (χ0n) is 14.6. The van der Waals surface area contributed by atoms with Crippen LogP contribution >= 0.6 is 0 Å². The first-order valence-electron chi connectivity index (χ1n) is 8.50. The number of nitrogens with one attached hydrogen (secondary N) is 1. The van der Waals surface area contributed by atoms with E-state index in [0.29, 0.717) is 18.0 Å². The maximum atomic E-state index is 12.2. The summed E-state index contributed by atoms with van der Waals surface area (Å²) in [4.78, 5) is 12.2. The Bertz CT molecular complexity index is 817. The van der Waals surface area contributed by atoms with E-state index in [1.165, 1.54) is 0 Å². The van der Waals surface area contributed by atoms with Crippen molar-refractivity contribution in [1.82, 2.24) is 0 Å². The van der Waals surface area contributed by atoms with E-state index < -0.39 is 6.10 Å². The van der Waals surface area contributed by atoms with Gasteiger partial charge in [-0.2, -0.15) is 0 Å². The molecule has 0 saturated heterocycles. The van der Waals surface area contributed by atoms with E-state index in [4.69, 9.17) is 9.47 Å². The lowest BCUT2D eigenvalue weighted by Gasteiger charge is -2.15. The van der Waals surface area contributed by atoms with Gasteiger partial charge in [0.05, 0.1) is 0 Å². The number of hydrogen-bond acceptors (Lipinski definition) is 3. The van der Waals surface area contributed by atoms with E-state index in [1.807, 2.05) is 84.9 Å². The van der Waals surface area contributed by atoms with Crippen molar-refractivity contribution in [2.75, 3.05) is 5.32 Å². The summed E-state index contributed by atoms with van der Waals surface area (Å²) >= 11 is 0. The highest BCUT2D eigenvalue weighted by molar-refractivity contribution is 5.94. The van der Waals surface area contributed by atoms with Gasteiger partial charge in [0.25, 0.3) is 5.91 Å². The minimum atomic E-state index is -0.591. The number of amides is 1. The predicted molar refractivity (Wildman–Crippen MR) is 102 cm³/mol. The molecule has 3 aromatic carbocycles. The van der Waals surface area contributed by atoms with Crippen LogP contribution in [-0.4, -0.2) is 12.0 Å². The van der Waals surface area contributed by atoms with Crippen molar-refractivity contribution in [2.24, 2.45) is 0 Å². The average Bonchev–Trinajstić information content (AvgIpc) is 2.69. The quantitative estimate of drug-likeness (QED) is 0.675. The molecule has 0 aliphatic rings. The lowest BCUT2D eigenvalue weighted by molar-refractivity contribution is -0.122. The predicted octanol–water partition coefficient (Wildman–Crippen LogP) is 4.67. The van der Waals surface area contributed by atoms with Crippen LogP contribution in [0.25, 0.3) is 0 Å². The number of ether oxygens (including phenoxy) is 2. The van der Waals surface area contributed by atoms with Gasteiger partial charge in [0.15, 0.2) is 6.10 Å². The molecule has 0 aliphatic carbocycles. The Morgan fingerprint density at radius 1 is 0.846 bits per heavy atom. The maximum absolute atomic E-state index is 12.2. The van der Waals surface area contributed by atoms with Crippen molar-refractivity contribution in [3.8, 4) is 11.5 Å². The van der Waals surface area contributed by atoms with Crippen molar-refractivity contribution < 1.29 is 14.3 Å². The van der Waals surface area contributed by atoms with Crippen LogP contribution in [0.5, 0.6) is 11.5 Å². The van der Waals surface area contributed by atoms with Crippen LogP contribution in [-0.2, 0) is 11.4 Å². The largest absolute Gasteiger partial charge is 0.489 e. The molecule has 0 aromatic heterocycles. The molecule has 0 radical (unpaired) electrons. The number of anilines is 1. The molecule has 0 fully saturated rings. The van der Waals surface area contributed by atoms with Gasteiger partial charge >= 0.3 is 0 Å². The third-order valence-electron chi connectivity index (χ3n) is 3.80. The van der Waals surface area contributed by atoms with E-state index in [0.717, 1.165) is 11.3 Å². The second-order valence-electron chi connectivity index (χ2n) is 5.86. The molecule has 26 heavy (non-hydrogen) atoms. The molecular weight excluding hydrogens is 326 g/mol. The Balaban J connectivity index is 1.51. The summed E-state index contributed by atoms with van der Waals surface area (Å²) in [6.07, 6.45) is -0.591. The standard InChI is InChI=1S/C22H21NO3/c1-17(26-21-10-6-3-7-11-21)22(24)23-19-12-14-20(15-13-19)25-16-18-8-4-2-5-9-18/h2-15,17H,16H2,1H3,(H,23,24). The van der Waals surface area contributed by atoms with Gasteiger partial charge < -0.3 is 14.8 Å². The second-order valence-corrected chi connectivity index (χ2v) is 5.86. The summed E-state index contributed by atoms with van der Waals surface area (Å²) in [6.45, 7) is 2.23. The molecule has 1 atom stereocenters. The van der Waals surface area contributed by atoms with E-state index in [9.17, 15) is 4.79 Å². The third kappa shape index (κ3) is 5.11. The molecule has 0 spiro atoms. The molecule has 132 valence electrons. The third-order valence-corrected chi connectivity index (χ3v) is 3.80. The minimum Gasteiger partial charge on any atom is -0.489 e. The highest BCUT2D eigenvalue weighted by Crippen LogP contribution is 2.18. The molecule has 3 aromatic rings. The Hall–Kier alpha value is -3.27. The number of rotatable bonds is 7. The number of carbonyl (C=O) groups excluding carboxylic acids is 1. The molecule has 1 unspecified atom stereocenters. The number of benzene rings is 3. The van der Waals surface area contributed by atoms with Crippen molar-refractivity contribution in [3.63, 3.8) is 0 Å². The van der Waals surface area contributed by atoms with Gasteiger partial charge in [0, 0.05) is 5.69 Å². The molecule has 0 heterocycles. The highest BCUT2D eigenvalue weighted by atomic mass is 16.5. The molecule has 4 heteroatoms. The van der Waals surface area contributed by atoms with Gasteiger partial charge in [-0.15, -0.1) is 0 Å². The van der Waals surface area contributed by atoms with E-state index >= 15 is 0 Å². The second kappa shape index (κ2) is 8.72. The highest BCUT2D eigenvalue weighted by Gasteiger charge is 2.14. The van der Waals surface area contributed by atoms with Crippen LogP contribution in [0, 0.1) is 0 Å². The molecule has 0 aliphatic heterocycles. The monoisotopic (exact) mass is 347 g/mol. The molecule has 4 nitrogen and oxygen atoms in total. The van der Waals surface area contributed by atoms with Gasteiger partial charge in [-0.1, -0.05) is 48.5 Å². The van der Waals surface area contributed by atoms with Crippen molar-refractivity contribution in [1.29, 1.82) is 0 Å². The number of para-hydroxylation sites is 1. The van der Waals surface area contributed by atoms with Gasteiger partial charge in [0.1, 0.15) is 18.1 Å². The Morgan fingerprint density at radius 3 is 2.12 bits per heavy atom. The fourth-order valence-electron chi connectivity index (χ4n) is 2.38. The summed E-state index contributed by atoms with van der Waals surface area (Å²) in [6, 6.07) is 26.6. The maximum Gasteiger partial charge on any atom is 0.265 e. The Labute approximate surface area is 153 Å². The van der Waals surface area contributed by atoms with E-state index in [1.54, 1.807) is 6.92 Å². The minimum absolute atomic E-state index is 0.202. The van der Waals surface area contributed by atoms with Crippen LogP contribution in [0.3, 0.4) is 0 Å². The lowest BCUT2D eigenvalue weighted by atomic mass is 10.2.